The predicted molar refractivity (Wildman–Crippen MR) is 105 cm³/mol. The van der Waals surface area contributed by atoms with Crippen molar-refractivity contribution in [2.24, 2.45) is 0 Å². The number of sulfonamides is 2. The van der Waals surface area contributed by atoms with Gasteiger partial charge in [-0.25, -0.2) is 21.6 Å². The topological polar surface area (TPSA) is 96.4 Å². The molecule has 0 saturated heterocycles. The fraction of sp³-hybridized carbons (Fsp3) is 0.316. The summed E-state index contributed by atoms with van der Waals surface area (Å²) in [5.41, 5.74) is 1.84. The normalized spacial score (nSPS) is 18.6. The Labute approximate surface area is 165 Å². The highest BCUT2D eigenvalue weighted by Crippen LogP contribution is 2.27. The molecule has 1 aromatic heterocycles. The number of nitrogens with zero attached hydrogens (tertiary/aromatic N) is 2. The van der Waals surface area contributed by atoms with E-state index in [4.69, 9.17) is 0 Å². The third kappa shape index (κ3) is 4.02. The van der Waals surface area contributed by atoms with Crippen LogP contribution in [0, 0.1) is 0 Å². The first kappa shape index (κ1) is 19.3. The van der Waals surface area contributed by atoms with Crippen LogP contribution in [0.25, 0.3) is 5.57 Å². The van der Waals surface area contributed by atoms with Crippen molar-refractivity contribution in [1.82, 2.24) is 14.0 Å². The zero-order valence-corrected chi connectivity index (χ0v) is 16.8. The van der Waals surface area contributed by atoms with Gasteiger partial charge in [0.15, 0.2) is 0 Å². The summed E-state index contributed by atoms with van der Waals surface area (Å²) in [5, 5.41) is 0. The van der Waals surface area contributed by atoms with Crippen LogP contribution in [-0.2, 0) is 20.0 Å². The van der Waals surface area contributed by atoms with Gasteiger partial charge in [0.05, 0.1) is 9.79 Å². The molecule has 1 N–H and O–H groups in total. The smallest absolute Gasteiger partial charge is 0.243 e. The number of aromatic nitrogens is 1. The molecule has 0 atom stereocenters. The molecule has 2 aliphatic rings. The first-order valence-corrected chi connectivity index (χ1v) is 12.0. The average molecular weight is 420 g/mol. The molecule has 1 saturated carbocycles. The second-order valence-corrected chi connectivity index (χ2v) is 10.6. The van der Waals surface area contributed by atoms with E-state index in [1.54, 1.807) is 12.4 Å². The van der Waals surface area contributed by atoms with Gasteiger partial charge < -0.3 is 0 Å². The molecule has 2 heterocycles. The monoisotopic (exact) mass is 419 g/mol. The zero-order valence-electron chi connectivity index (χ0n) is 15.2. The Morgan fingerprint density at radius 3 is 2.43 bits per heavy atom. The van der Waals surface area contributed by atoms with Crippen LogP contribution >= 0.6 is 0 Å². The summed E-state index contributed by atoms with van der Waals surface area (Å²) in [7, 11) is -7.53. The maximum atomic E-state index is 13.1. The van der Waals surface area contributed by atoms with Crippen LogP contribution in [-0.4, -0.2) is 45.3 Å². The number of hydrogen-bond donors (Lipinski definition) is 1. The quantitative estimate of drug-likeness (QED) is 0.773. The van der Waals surface area contributed by atoms with Gasteiger partial charge in [0, 0.05) is 31.5 Å². The minimum absolute atomic E-state index is 0.0119. The molecule has 4 rings (SSSR count). The van der Waals surface area contributed by atoms with Crippen LogP contribution in [0.5, 0.6) is 0 Å². The molecule has 0 amide bonds. The van der Waals surface area contributed by atoms with Crippen molar-refractivity contribution in [2.75, 3.05) is 13.1 Å². The van der Waals surface area contributed by atoms with Crippen LogP contribution < -0.4 is 4.72 Å². The number of nitrogens with one attached hydrogen (secondary N) is 1. The van der Waals surface area contributed by atoms with Gasteiger partial charge in [0.1, 0.15) is 0 Å². The SMILES string of the molecule is O=S(=O)(NC1CC1)c1cccc(S(=O)(=O)N2CCC=C(c3ccncc3)C2)c1. The van der Waals surface area contributed by atoms with Crippen molar-refractivity contribution < 1.29 is 16.8 Å². The fourth-order valence-corrected chi connectivity index (χ4v) is 6.04. The summed E-state index contributed by atoms with van der Waals surface area (Å²) in [6, 6.07) is 9.22. The summed E-state index contributed by atoms with van der Waals surface area (Å²) < 4.78 is 55.2. The second-order valence-electron chi connectivity index (χ2n) is 6.96. The first-order valence-electron chi connectivity index (χ1n) is 9.08. The van der Waals surface area contributed by atoms with E-state index >= 15 is 0 Å². The van der Waals surface area contributed by atoms with Crippen molar-refractivity contribution in [3.8, 4) is 0 Å². The Hall–Kier alpha value is -2.07. The minimum atomic E-state index is -3.81. The molecule has 0 bridgehead atoms. The zero-order chi connectivity index (χ0) is 19.8. The molecule has 1 aliphatic heterocycles. The molecule has 148 valence electrons. The summed E-state index contributed by atoms with van der Waals surface area (Å²) in [6.07, 6.45) is 7.60. The van der Waals surface area contributed by atoms with Gasteiger partial charge in [0.25, 0.3) is 0 Å². The van der Waals surface area contributed by atoms with Gasteiger partial charge in [-0.1, -0.05) is 12.1 Å². The molecule has 0 unspecified atom stereocenters. The molecule has 1 aliphatic carbocycles. The van der Waals surface area contributed by atoms with Crippen LogP contribution in [0.1, 0.15) is 24.8 Å². The Kier molecular flexibility index (Phi) is 5.09. The van der Waals surface area contributed by atoms with Crippen LogP contribution in [0.2, 0.25) is 0 Å². The third-order valence-electron chi connectivity index (χ3n) is 4.82. The number of pyridine rings is 1. The molecular weight excluding hydrogens is 398 g/mol. The van der Waals surface area contributed by atoms with E-state index in [2.05, 4.69) is 9.71 Å². The summed E-state index contributed by atoms with van der Waals surface area (Å²) >= 11 is 0. The van der Waals surface area contributed by atoms with E-state index in [1.807, 2.05) is 18.2 Å². The van der Waals surface area contributed by atoms with Gasteiger partial charge >= 0.3 is 0 Å². The van der Waals surface area contributed by atoms with Gasteiger partial charge in [-0.15, -0.1) is 0 Å². The first-order chi connectivity index (χ1) is 13.4. The third-order valence-corrected chi connectivity index (χ3v) is 8.18. The molecule has 28 heavy (non-hydrogen) atoms. The van der Waals surface area contributed by atoms with Gasteiger partial charge in [0.2, 0.25) is 20.0 Å². The molecule has 0 spiro atoms. The van der Waals surface area contributed by atoms with Crippen molar-refractivity contribution in [1.29, 1.82) is 0 Å². The number of benzene rings is 1. The summed E-state index contributed by atoms with van der Waals surface area (Å²) in [5.74, 6) is 0. The Morgan fingerprint density at radius 1 is 1.00 bits per heavy atom. The highest BCUT2D eigenvalue weighted by Gasteiger charge is 2.31. The van der Waals surface area contributed by atoms with Crippen LogP contribution in [0.15, 0.2) is 64.7 Å². The lowest BCUT2D eigenvalue weighted by molar-refractivity contribution is 0.443. The molecule has 2 aromatic rings. The summed E-state index contributed by atoms with van der Waals surface area (Å²) in [4.78, 5) is 3.95. The molecule has 9 heteroatoms. The highest BCUT2D eigenvalue weighted by molar-refractivity contribution is 7.90. The largest absolute Gasteiger partial charge is 0.265 e. The van der Waals surface area contributed by atoms with E-state index in [0.29, 0.717) is 13.0 Å². The van der Waals surface area contributed by atoms with E-state index in [9.17, 15) is 16.8 Å². The molecule has 1 fully saturated rings. The van der Waals surface area contributed by atoms with E-state index in [1.165, 1.54) is 28.6 Å². The molecular formula is C19H21N3O4S2. The molecule has 0 radical (unpaired) electrons. The van der Waals surface area contributed by atoms with Gasteiger partial charge in [-0.2, -0.15) is 4.31 Å². The lowest BCUT2D eigenvalue weighted by atomic mass is 10.0. The lowest BCUT2D eigenvalue weighted by Crippen LogP contribution is -2.35. The predicted octanol–water partition coefficient (Wildman–Crippen LogP) is 2.00. The van der Waals surface area contributed by atoms with Crippen molar-refractivity contribution >= 4 is 25.6 Å². The maximum absolute atomic E-state index is 13.1. The van der Waals surface area contributed by atoms with Crippen LogP contribution in [0.3, 0.4) is 0 Å². The van der Waals surface area contributed by atoms with E-state index in [-0.39, 0.29) is 22.4 Å². The molecule has 1 aromatic carbocycles. The number of rotatable bonds is 6. The fourth-order valence-electron chi connectivity index (χ4n) is 3.14. The van der Waals surface area contributed by atoms with Gasteiger partial charge in [-0.3, -0.25) is 4.98 Å². The van der Waals surface area contributed by atoms with E-state index < -0.39 is 20.0 Å². The average Bonchev–Trinajstić information content (AvgIpc) is 3.52. The van der Waals surface area contributed by atoms with Crippen LogP contribution in [0.4, 0.5) is 0 Å². The summed E-state index contributed by atoms with van der Waals surface area (Å²) in [6.45, 7) is 0.595. The molecule has 7 nitrogen and oxygen atoms in total. The maximum Gasteiger partial charge on any atom is 0.243 e. The second kappa shape index (κ2) is 7.40. The van der Waals surface area contributed by atoms with Gasteiger partial charge in [-0.05, 0) is 60.7 Å². The lowest BCUT2D eigenvalue weighted by Gasteiger charge is -2.27. The Balaban J connectivity index is 1.60. The van der Waals surface area contributed by atoms with Crippen molar-refractivity contribution in [3.05, 3.63) is 60.4 Å². The highest BCUT2D eigenvalue weighted by atomic mass is 32.2. The minimum Gasteiger partial charge on any atom is -0.265 e. The standard InChI is InChI=1S/C19H21N3O4S2/c23-27(24,21-17-6-7-17)18-4-1-5-19(13-18)28(25,26)22-12-2-3-16(14-22)15-8-10-20-11-9-15/h1,3-5,8-11,13,17,21H,2,6-7,12,14H2. The van der Waals surface area contributed by atoms with Crippen molar-refractivity contribution in [3.63, 3.8) is 0 Å². The Morgan fingerprint density at radius 2 is 1.71 bits per heavy atom. The number of hydrogen-bond acceptors (Lipinski definition) is 5. The Bertz CT molecular complexity index is 1110. The van der Waals surface area contributed by atoms with E-state index in [0.717, 1.165) is 24.0 Å². The van der Waals surface area contributed by atoms with Crippen molar-refractivity contribution in [2.45, 2.75) is 35.1 Å².